The molecule has 0 atom stereocenters. The second kappa shape index (κ2) is 6.63. The van der Waals surface area contributed by atoms with Crippen LogP contribution in [0.4, 0.5) is 17.1 Å². The summed E-state index contributed by atoms with van der Waals surface area (Å²) in [5.41, 5.74) is 10.1. The maximum atomic E-state index is 11.7. The highest BCUT2D eigenvalue weighted by Gasteiger charge is 2.09. The van der Waals surface area contributed by atoms with E-state index in [0.29, 0.717) is 11.3 Å². The van der Waals surface area contributed by atoms with Gasteiger partial charge < -0.3 is 16.4 Å². The summed E-state index contributed by atoms with van der Waals surface area (Å²) in [6, 6.07) is 11.2. The van der Waals surface area contributed by atoms with E-state index in [1.54, 1.807) is 25.2 Å². The predicted molar refractivity (Wildman–Crippen MR) is 91.0 cm³/mol. The lowest BCUT2D eigenvalue weighted by Crippen LogP contribution is -2.18. The second-order valence-corrected chi connectivity index (χ2v) is 5.58. The Labute approximate surface area is 132 Å². The monoisotopic (exact) mass is 347 g/mol. The van der Waals surface area contributed by atoms with E-state index in [-0.39, 0.29) is 5.91 Å². The molecular weight excluding hydrogens is 330 g/mol. The number of nitrogens with one attached hydrogen (secondary N) is 2. The molecule has 0 saturated heterocycles. The molecule has 0 unspecified atom stereocenters. The summed E-state index contributed by atoms with van der Waals surface area (Å²) in [6.45, 7) is 2.09. The van der Waals surface area contributed by atoms with Gasteiger partial charge in [0.1, 0.15) is 0 Å². The van der Waals surface area contributed by atoms with Gasteiger partial charge in [-0.05, 0) is 48.4 Å². The van der Waals surface area contributed by atoms with E-state index >= 15 is 0 Å². The van der Waals surface area contributed by atoms with Gasteiger partial charge in [0.15, 0.2) is 0 Å². The third-order valence-electron chi connectivity index (χ3n) is 3.26. The first-order valence-corrected chi connectivity index (χ1v) is 7.51. The van der Waals surface area contributed by atoms with Crippen molar-refractivity contribution < 1.29 is 4.79 Å². The summed E-state index contributed by atoms with van der Waals surface area (Å²) in [6.07, 6.45) is 0.900. The van der Waals surface area contributed by atoms with Crippen LogP contribution in [0.25, 0.3) is 0 Å². The Hall–Kier alpha value is -2.01. The molecule has 0 bridgehead atoms. The van der Waals surface area contributed by atoms with Crippen LogP contribution in [0.2, 0.25) is 0 Å². The minimum Gasteiger partial charge on any atom is -0.397 e. The van der Waals surface area contributed by atoms with Gasteiger partial charge in [-0.1, -0.05) is 22.9 Å². The molecular formula is C16H18BrN3O. The van der Waals surface area contributed by atoms with E-state index in [1.165, 1.54) is 5.56 Å². The molecule has 0 radical (unpaired) electrons. The van der Waals surface area contributed by atoms with Crippen molar-refractivity contribution in [3.8, 4) is 0 Å². The lowest BCUT2D eigenvalue weighted by atomic mass is 10.1. The first kappa shape index (κ1) is 15.4. The molecule has 4 nitrogen and oxygen atoms in total. The van der Waals surface area contributed by atoms with Gasteiger partial charge >= 0.3 is 0 Å². The van der Waals surface area contributed by atoms with Crippen LogP contribution in [0, 0.1) is 0 Å². The molecule has 21 heavy (non-hydrogen) atoms. The number of nitrogens with two attached hydrogens (primary N) is 1. The van der Waals surface area contributed by atoms with Crippen LogP contribution in [0.5, 0.6) is 0 Å². The van der Waals surface area contributed by atoms with Crippen molar-refractivity contribution in [1.29, 1.82) is 0 Å². The quantitative estimate of drug-likeness (QED) is 0.738. The number of aryl methyl sites for hydroxylation is 1. The molecule has 0 aliphatic rings. The third kappa shape index (κ3) is 3.55. The van der Waals surface area contributed by atoms with Gasteiger partial charge in [-0.3, -0.25) is 4.79 Å². The maximum Gasteiger partial charge on any atom is 0.251 e. The molecule has 1 amide bonds. The van der Waals surface area contributed by atoms with Gasteiger partial charge in [0.25, 0.3) is 5.91 Å². The lowest BCUT2D eigenvalue weighted by molar-refractivity contribution is 0.0963. The SMILES string of the molecule is CCc1cc(Br)ccc1Nc1cc(C(=O)NC)ccc1N. The molecule has 0 spiro atoms. The fraction of sp³-hybridized carbons (Fsp3) is 0.188. The van der Waals surface area contributed by atoms with Crippen molar-refractivity contribution in [3.05, 3.63) is 52.0 Å². The summed E-state index contributed by atoms with van der Waals surface area (Å²) in [4.78, 5) is 11.7. The molecule has 2 aromatic rings. The van der Waals surface area contributed by atoms with E-state index in [2.05, 4.69) is 39.6 Å². The third-order valence-corrected chi connectivity index (χ3v) is 3.75. The molecule has 5 heteroatoms. The van der Waals surface area contributed by atoms with Gasteiger partial charge in [-0.2, -0.15) is 0 Å². The normalized spacial score (nSPS) is 10.2. The van der Waals surface area contributed by atoms with Gasteiger partial charge in [-0.15, -0.1) is 0 Å². The fourth-order valence-corrected chi connectivity index (χ4v) is 2.48. The van der Waals surface area contributed by atoms with Crippen molar-refractivity contribution >= 4 is 38.9 Å². The predicted octanol–water partition coefficient (Wildman–Crippen LogP) is 3.70. The molecule has 0 saturated carbocycles. The Morgan fingerprint density at radius 3 is 2.62 bits per heavy atom. The van der Waals surface area contributed by atoms with Gasteiger partial charge in [0.05, 0.1) is 11.4 Å². The molecule has 0 aliphatic heterocycles. The minimum absolute atomic E-state index is 0.135. The van der Waals surface area contributed by atoms with Gasteiger partial charge in [0, 0.05) is 22.8 Å². The number of halogens is 1. The topological polar surface area (TPSA) is 67.2 Å². The highest BCUT2D eigenvalue weighted by atomic mass is 79.9. The van der Waals surface area contributed by atoms with Crippen molar-refractivity contribution in [2.75, 3.05) is 18.1 Å². The van der Waals surface area contributed by atoms with Crippen LogP contribution in [0.1, 0.15) is 22.8 Å². The Morgan fingerprint density at radius 1 is 1.19 bits per heavy atom. The van der Waals surface area contributed by atoms with Crippen LogP contribution in [0.3, 0.4) is 0 Å². The van der Waals surface area contributed by atoms with E-state index in [4.69, 9.17) is 5.73 Å². The van der Waals surface area contributed by atoms with E-state index < -0.39 is 0 Å². The highest BCUT2D eigenvalue weighted by Crippen LogP contribution is 2.28. The first-order chi connectivity index (χ1) is 10.0. The minimum atomic E-state index is -0.135. The number of hydrogen-bond donors (Lipinski definition) is 3. The standard InChI is InChI=1S/C16H18BrN3O/c1-3-10-8-12(17)5-7-14(10)20-15-9-11(16(21)19-2)4-6-13(15)18/h4-9,20H,3,18H2,1-2H3,(H,19,21). The molecule has 110 valence electrons. The highest BCUT2D eigenvalue weighted by molar-refractivity contribution is 9.10. The number of anilines is 3. The maximum absolute atomic E-state index is 11.7. The Kier molecular flexibility index (Phi) is 4.85. The lowest BCUT2D eigenvalue weighted by Gasteiger charge is -2.14. The van der Waals surface area contributed by atoms with Crippen molar-refractivity contribution in [2.45, 2.75) is 13.3 Å². The molecule has 0 heterocycles. The van der Waals surface area contributed by atoms with E-state index in [9.17, 15) is 4.79 Å². The van der Waals surface area contributed by atoms with Gasteiger partial charge in [-0.25, -0.2) is 0 Å². The Bertz CT molecular complexity index is 671. The molecule has 2 aromatic carbocycles. The Morgan fingerprint density at radius 2 is 1.95 bits per heavy atom. The summed E-state index contributed by atoms with van der Waals surface area (Å²) < 4.78 is 1.04. The molecule has 0 aromatic heterocycles. The number of amides is 1. The zero-order chi connectivity index (χ0) is 15.4. The summed E-state index contributed by atoms with van der Waals surface area (Å²) in [5.74, 6) is -0.135. The van der Waals surface area contributed by atoms with E-state index in [1.807, 2.05) is 12.1 Å². The van der Waals surface area contributed by atoms with Crippen LogP contribution in [-0.2, 0) is 6.42 Å². The summed E-state index contributed by atoms with van der Waals surface area (Å²) >= 11 is 3.47. The molecule has 0 aliphatic carbocycles. The fourth-order valence-electron chi connectivity index (χ4n) is 2.07. The number of rotatable bonds is 4. The average molecular weight is 348 g/mol. The smallest absolute Gasteiger partial charge is 0.251 e. The van der Waals surface area contributed by atoms with Crippen molar-refractivity contribution in [3.63, 3.8) is 0 Å². The van der Waals surface area contributed by atoms with Crippen LogP contribution in [0.15, 0.2) is 40.9 Å². The first-order valence-electron chi connectivity index (χ1n) is 6.72. The number of carbonyl (C=O) groups is 1. The average Bonchev–Trinajstić information content (AvgIpc) is 2.50. The van der Waals surface area contributed by atoms with Crippen molar-refractivity contribution in [1.82, 2.24) is 5.32 Å². The number of carbonyl (C=O) groups excluding carboxylic acids is 1. The largest absolute Gasteiger partial charge is 0.397 e. The molecule has 0 fully saturated rings. The van der Waals surface area contributed by atoms with Crippen LogP contribution < -0.4 is 16.4 Å². The number of hydrogen-bond acceptors (Lipinski definition) is 3. The second-order valence-electron chi connectivity index (χ2n) is 4.66. The number of benzene rings is 2. The van der Waals surface area contributed by atoms with Crippen LogP contribution in [-0.4, -0.2) is 13.0 Å². The van der Waals surface area contributed by atoms with Gasteiger partial charge in [0.2, 0.25) is 0 Å². The summed E-state index contributed by atoms with van der Waals surface area (Å²) in [7, 11) is 1.61. The van der Waals surface area contributed by atoms with Crippen LogP contribution >= 0.6 is 15.9 Å². The molecule has 2 rings (SSSR count). The van der Waals surface area contributed by atoms with E-state index in [0.717, 1.165) is 22.3 Å². The zero-order valence-corrected chi connectivity index (χ0v) is 13.6. The Balaban J connectivity index is 2.37. The summed E-state index contributed by atoms with van der Waals surface area (Å²) in [5, 5.41) is 5.92. The molecule has 4 N–H and O–H groups in total. The number of nitrogen functional groups attached to an aromatic ring is 1. The zero-order valence-electron chi connectivity index (χ0n) is 12.0. The van der Waals surface area contributed by atoms with Crippen molar-refractivity contribution in [2.24, 2.45) is 0 Å².